The van der Waals surface area contributed by atoms with Gasteiger partial charge in [-0.25, -0.2) is 12.8 Å². The molecule has 0 aliphatic carbocycles. The number of nitrogens with one attached hydrogen (secondary N) is 1. The fourth-order valence-corrected chi connectivity index (χ4v) is 3.81. The van der Waals surface area contributed by atoms with Crippen LogP contribution in [0.25, 0.3) is 0 Å². The molecule has 1 aliphatic heterocycles. The molecule has 0 unspecified atom stereocenters. The Hall–Kier alpha value is -0.980. The molecule has 1 fully saturated rings. The zero-order valence-electron chi connectivity index (χ0n) is 10.3. The third-order valence-electron chi connectivity index (χ3n) is 3.18. The molecule has 1 saturated heterocycles. The van der Waals surface area contributed by atoms with E-state index in [1.807, 2.05) is 7.05 Å². The van der Waals surface area contributed by atoms with E-state index in [1.165, 1.54) is 22.5 Å². The molecule has 1 atom stereocenters. The summed E-state index contributed by atoms with van der Waals surface area (Å²) in [5.74, 6) is -0.194. The summed E-state index contributed by atoms with van der Waals surface area (Å²) >= 11 is 0. The van der Waals surface area contributed by atoms with Gasteiger partial charge in [0.15, 0.2) is 0 Å². The second kappa shape index (κ2) is 5.34. The van der Waals surface area contributed by atoms with Crippen molar-refractivity contribution in [3.05, 3.63) is 30.1 Å². The molecule has 1 aromatic rings. The smallest absolute Gasteiger partial charge is 0.243 e. The molecule has 18 heavy (non-hydrogen) atoms. The fourth-order valence-electron chi connectivity index (χ4n) is 2.25. The number of halogens is 1. The Labute approximate surface area is 107 Å². The van der Waals surface area contributed by atoms with E-state index >= 15 is 0 Å². The van der Waals surface area contributed by atoms with Gasteiger partial charge in [-0.1, -0.05) is 6.07 Å². The summed E-state index contributed by atoms with van der Waals surface area (Å²) in [6, 6.07) is 5.17. The van der Waals surface area contributed by atoms with Gasteiger partial charge in [-0.05, 0) is 44.1 Å². The molecule has 1 aromatic carbocycles. The van der Waals surface area contributed by atoms with Crippen LogP contribution in [-0.4, -0.2) is 39.4 Å². The molecule has 6 heteroatoms. The van der Waals surface area contributed by atoms with Crippen molar-refractivity contribution in [3.63, 3.8) is 0 Å². The average Bonchev–Trinajstić information content (AvgIpc) is 2.79. The van der Waals surface area contributed by atoms with Crippen LogP contribution in [0.5, 0.6) is 0 Å². The van der Waals surface area contributed by atoms with Gasteiger partial charge in [0.2, 0.25) is 10.0 Å². The van der Waals surface area contributed by atoms with Crippen molar-refractivity contribution >= 4 is 10.0 Å². The normalized spacial score (nSPS) is 21.3. The van der Waals surface area contributed by atoms with Gasteiger partial charge in [0.1, 0.15) is 5.82 Å². The summed E-state index contributed by atoms with van der Waals surface area (Å²) in [6.07, 6.45) is 0.843. The van der Waals surface area contributed by atoms with Crippen molar-refractivity contribution < 1.29 is 12.8 Å². The average molecular weight is 272 g/mol. The number of sulfonamides is 1. The molecule has 0 saturated carbocycles. The molecule has 1 N–H and O–H groups in total. The highest BCUT2D eigenvalue weighted by molar-refractivity contribution is 7.89. The van der Waals surface area contributed by atoms with Crippen LogP contribution < -0.4 is 5.32 Å². The zero-order chi connectivity index (χ0) is 13.2. The lowest BCUT2D eigenvalue weighted by Crippen LogP contribution is -2.30. The minimum atomic E-state index is -3.55. The standard InChI is InChI=1S/C12H17FN2O2S/c1-14-8-10-5-6-15(9-10)18(16,17)12-4-2-3-11(13)7-12/h2-4,7,10,14H,5-6,8-9H2,1H3/t10-/m1/s1. The lowest BCUT2D eigenvalue weighted by molar-refractivity contribution is 0.450. The highest BCUT2D eigenvalue weighted by atomic mass is 32.2. The SMILES string of the molecule is CNC[C@H]1CCN(S(=O)(=O)c2cccc(F)c2)C1. The molecule has 2 rings (SSSR count). The van der Waals surface area contributed by atoms with Gasteiger partial charge >= 0.3 is 0 Å². The number of hydrogen-bond acceptors (Lipinski definition) is 3. The van der Waals surface area contributed by atoms with Gasteiger partial charge in [-0.2, -0.15) is 4.31 Å². The molecule has 1 heterocycles. The summed E-state index contributed by atoms with van der Waals surface area (Å²) in [7, 11) is -1.70. The third-order valence-corrected chi connectivity index (χ3v) is 5.04. The van der Waals surface area contributed by atoms with Crippen LogP contribution in [0.4, 0.5) is 4.39 Å². The summed E-state index contributed by atoms with van der Waals surface area (Å²) in [6.45, 7) is 1.81. The molecule has 0 amide bonds. The fraction of sp³-hybridized carbons (Fsp3) is 0.500. The number of hydrogen-bond donors (Lipinski definition) is 1. The Morgan fingerprint density at radius 2 is 2.28 bits per heavy atom. The first kappa shape index (κ1) is 13.5. The van der Waals surface area contributed by atoms with Crippen LogP contribution in [0.15, 0.2) is 29.2 Å². The molecule has 0 bridgehead atoms. The first-order valence-electron chi connectivity index (χ1n) is 5.94. The minimum Gasteiger partial charge on any atom is -0.319 e. The molecular formula is C12H17FN2O2S. The monoisotopic (exact) mass is 272 g/mol. The van der Waals surface area contributed by atoms with Crippen LogP contribution in [0.2, 0.25) is 0 Å². The predicted molar refractivity (Wildman–Crippen MR) is 67.2 cm³/mol. The second-order valence-electron chi connectivity index (χ2n) is 4.53. The first-order chi connectivity index (χ1) is 8.54. The van der Waals surface area contributed by atoms with Crippen molar-refractivity contribution in [2.24, 2.45) is 5.92 Å². The van der Waals surface area contributed by atoms with Crippen LogP contribution in [0.3, 0.4) is 0 Å². The molecule has 0 aromatic heterocycles. The minimum absolute atomic E-state index is 0.0348. The van der Waals surface area contributed by atoms with Crippen molar-refractivity contribution in [3.8, 4) is 0 Å². The van der Waals surface area contributed by atoms with E-state index in [1.54, 1.807) is 0 Å². The largest absolute Gasteiger partial charge is 0.319 e. The summed E-state index contributed by atoms with van der Waals surface area (Å²) in [4.78, 5) is 0.0348. The van der Waals surface area contributed by atoms with Gasteiger partial charge in [0.25, 0.3) is 0 Å². The van der Waals surface area contributed by atoms with Crippen molar-refractivity contribution in [2.45, 2.75) is 11.3 Å². The molecule has 4 nitrogen and oxygen atoms in total. The first-order valence-corrected chi connectivity index (χ1v) is 7.38. The van der Waals surface area contributed by atoms with E-state index in [2.05, 4.69) is 5.32 Å². The third kappa shape index (κ3) is 2.71. The summed E-state index contributed by atoms with van der Waals surface area (Å²) in [5.41, 5.74) is 0. The zero-order valence-corrected chi connectivity index (χ0v) is 11.1. The van der Waals surface area contributed by atoms with E-state index < -0.39 is 15.8 Å². The molecular weight excluding hydrogens is 255 g/mol. The van der Waals surface area contributed by atoms with Gasteiger partial charge < -0.3 is 5.32 Å². The molecule has 0 radical (unpaired) electrons. The molecule has 1 aliphatic rings. The maximum Gasteiger partial charge on any atom is 0.243 e. The number of nitrogens with zero attached hydrogens (tertiary/aromatic N) is 1. The van der Waals surface area contributed by atoms with Gasteiger partial charge in [0.05, 0.1) is 4.90 Å². The Balaban J connectivity index is 2.18. The number of benzene rings is 1. The lowest BCUT2D eigenvalue weighted by Gasteiger charge is -2.16. The number of rotatable bonds is 4. The van der Waals surface area contributed by atoms with Gasteiger partial charge in [0, 0.05) is 13.1 Å². The van der Waals surface area contributed by atoms with E-state index in [4.69, 9.17) is 0 Å². The van der Waals surface area contributed by atoms with Crippen molar-refractivity contribution in [1.29, 1.82) is 0 Å². The maximum atomic E-state index is 13.1. The van der Waals surface area contributed by atoms with Crippen LogP contribution in [-0.2, 0) is 10.0 Å². The van der Waals surface area contributed by atoms with Crippen molar-refractivity contribution in [2.75, 3.05) is 26.7 Å². The Kier molecular flexibility index (Phi) is 3.99. The quantitative estimate of drug-likeness (QED) is 0.891. The van der Waals surface area contributed by atoms with Gasteiger partial charge in [-0.3, -0.25) is 0 Å². The maximum absolute atomic E-state index is 13.1. The highest BCUT2D eigenvalue weighted by Gasteiger charge is 2.32. The molecule has 100 valence electrons. The van der Waals surface area contributed by atoms with Crippen LogP contribution in [0, 0.1) is 11.7 Å². The van der Waals surface area contributed by atoms with E-state index in [0.717, 1.165) is 19.0 Å². The van der Waals surface area contributed by atoms with E-state index in [-0.39, 0.29) is 4.90 Å². The van der Waals surface area contributed by atoms with Crippen LogP contribution in [0.1, 0.15) is 6.42 Å². The lowest BCUT2D eigenvalue weighted by atomic mass is 10.1. The topological polar surface area (TPSA) is 49.4 Å². The van der Waals surface area contributed by atoms with Crippen LogP contribution >= 0.6 is 0 Å². The Morgan fingerprint density at radius 3 is 2.94 bits per heavy atom. The molecule has 0 spiro atoms. The predicted octanol–water partition coefficient (Wildman–Crippen LogP) is 1.06. The Morgan fingerprint density at radius 1 is 1.50 bits per heavy atom. The van der Waals surface area contributed by atoms with Crippen molar-refractivity contribution in [1.82, 2.24) is 9.62 Å². The second-order valence-corrected chi connectivity index (χ2v) is 6.47. The van der Waals surface area contributed by atoms with E-state index in [0.29, 0.717) is 19.0 Å². The highest BCUT2D eigenvalue weighted by Crippen LogP contribution is 2.24. The van der Waals surface area contributed by atoms with Gasteiger partial charge in [-0.15, -0.1) is 0 Å². The summed E-state index contributed by atoms with van der Waals surface area (Å²) < 4.78 is 39.1. The summed E-state index contributed by atoms with van der Waals surface area (Å²) in [5, 5.41) is 3.05. The Bertz CT molecular complexity index is 519. The van der Waals surface area contributed by atoms with E-state index in [9.17, 15) is 12.8 Å².